The summed E-state index contributed by atoms with van der Waals surface area (Å²) >= 11 is 2.98. The zero-order valence-corrected chi connectivity index (χ0v) is 16.8. The lowest BCUT2D eigenvalue weighted by Crippen LogP contribution is -2.21. The van der Waals surface area contributed by atoms with Gasteiger partial charge in [0.25, 0.3) is 5.56 Å². The van der Waals surface area contributed by atoms with Crippen LogP contribution in [0.1, 0.15) is 5.56 Å². The van der Waals surface area contributed by atoms with Crippen molar-refractivity contribution in [1.82, 2.24) is 14.5 Å². The Morgan fingerprint density at radius 2 is 1.97 bits per heavy atom. The number of hydrogen-bond acceptors (Lipinski definition) is 6. The maximum absolute atomic E-state index is 13.6. The topological polar surface area (TPSA) is 60.9 Å². The van der Waals surface area contributed by atoms with Gasteiger partial charge in [-0.25, -0.2) is 4.98 Å². The molecule has 0 saturated heterocycles. The van der Waals surface area contributed by atoms with Gasteiger partial charge in [0, 0.05) is 29.1 Å². The van der Waals surface area contributed by atoms with Crippen molar-refractivity contribution in [3.63, 3.8) is 0 Å². The minimum Gasteiger partial charge on any atom is -0.464 e. The highest BCUT2D eigenvalue weighted by molar-refractivity contribution is 7.98. The Bertz CT molecular complexity index is 1310. The number of hydrogen-bond donors (Lipinski definition) is 0. The number of benzene rings is 1. The fourth-order valence-corrected chi connectivity index (χ4v) is 5.03. The van der Waals surface area contributed by atoms with Crippen LogP contribution in [-0.4, -0.2) is 14.5 Å². The molecule has 29 heavy (non-hydrogen) atoms. The molecular weight excluding hydrogens is 402 g/mol. The lowest BCUT2D eigenvalue weighted by atomic mass is 10.2. The summed E-state index contributed by atoms with van der Waals surface area (Å²) in [6.45, 7) is 0. The highest BCUT2D eigenvalue weighted by atomic mass is 32.2. The minimum atomic E-state index is -0.0949. The quantitative estimate of drug-likeness (QED) is 0.283. The summed E-state index contributed by atoms with van der Waals surface area (Å²) in [5.74, 6) is 1.35. The molecule has 0 aliphatic heterocycles. The van der Waals surface area contributed by atoms with E-state index in [2.05, 4.69) is 4.98 Å². The smallest absolute Gasteiger partial charge is 0.268 e. The van der Waals surface area contributed by atoms with Crippen molar-refractivity contribution in [3.8, 4) is 17.0 Å². The van der Waals surface area contributed by atoms with Crippen molar-refractivity contribution in [1.29, 1.82) is 0 Å². The fourth-order valence-electron chi connectivity index (χ4n) is 3.12. The molecule has 7 heteroatoms. The Labute approximate surface area is 174 Å². The first kappa shape index (κ1) is 17.9. The lowest BCUT2D eigenvalue weighted by Gasteiger charge is -2.12. The number of pyridine rings is 1. The number of aromatic nitrogens is 3. The third-order valence-electron chi connectivity index (χ3n) is 4.47. The molecule has 0 fully saturated rings. The van der Waals surface area contributed by atoms with E-state index in [4.69, 9.17) is 9.40 Å². The number of nitrogens with zero attached hydrogens (tertiary/aromatic N) is 3. The van der Waals surface area contributed by atoms with E-state index in [9.17, 15) is 4.79 Å². The number of fused-ring (bicyclic) bond motifs is 1. The normalized spacial score (nSPS) is 11.2. The van der Waals surface area contributed by atoms with Crippen molar-refractivity contribution < 1.29 is 4.42 Å². The van der Waals surface area contributed by atoms with Crippen molar-refractivity contribution in [2.75, 3.05) is 0 Å². The maximum atomic E-state index is 13.6. The van der Waals surface area contributed by atoms with Crippen LogP contribution in [0.15, 0.2) is 93.0 Å². The predicted octanol–water partition coefficient (Wildman–Crippen LogP) is 5.39. The van der Waals surface area contributed by atoms with Gasteiger partial charge < -0.3 is 4.42 Å². The van der Waals surface area contributed by atoms with Gasteiger partial charge in [-0.05, 0) is 35.9 Å². The molecule has 0 unspecified atom stereocenters. The third-order valence-corrected chi connectivity index (χ3v) is 6.35. The molecule has 5 nitrogen and oxygen atoms in total. The van der Waals surface area contributed by atoms with Crippen molar-refractivity contribution in [2.24, 2.45) is 0 Å². The molecule has 5 aromatic rings. The SMILES string of the molecule is O=c1c2c(-c3ccco3)csc2nc(SCc2cccnc2)n1-c1ccccc1. The standard InChI is InChI=1S/C22H15N3O2S2/c26-21-19-17(18-9-5-11-27-18)14-28-20(19)24-22(25(21)16-7-2-1-3-8-16)29-13-15-6-4-10-23-12-15/h1-12,14H,13H2. The zero-order valence-electron chi connectivity index (χ0n) is 15.2. The van der Waals surface area contributed by atoms with Crippen LogP contribution in [0.5, 0.6) is 0 Å². The van der Waals surface area contributed by atoms with E-state index in [1.165, 1.54) is 23.1 Å². The fraction of sp³-hybridized carbons (Fsp3) is 0.0455. The van der Waals surface area contributed by atoms with Crippen LogP contribution in [0.3, 0.4) is 0 Å². The second-order valence-electron chi connectivity index (χ2n) is 6.33. The first-order valence-corrected chi connectivity index (χ1v) is 10.8. The van der Waals surface area contributed by atoms with E-state index in [0.717, 1.165) is 16.8 Å². The number of thiophene rings is 1. The van der Waals surface area contributed by atoms with E-state index in [1.807, 2.05) is 66.2 Å². The largest absolute Gasteiger partial charge is 0.464 e. The van der Waals surface area contributed by atoms with Gasteiger partial charge in [0.1, 0.15) is 10.6 Å². The Morgan fingerprint density at radius 3 is 2.72 bits per heavy atom. The van der Waals surface area contributed by atoms with Gasteiger partial charge in [-0.2, -0.15) is 0 Å². The molecule has 0 radical (unpaired) electrons. The molecule has 0 atom stereocenters. The van der Waals surface area contributed by atoms with Gasteiger partial charge >= 0.3 is 0 Å². The van der Waals surface area contributed by atoms with Gasteiger partial charge in [-0.3, -0.25) is 14.3 Å². The van der Waals surface area contributed by atoms with Crippen LogP contribution >= 0.6 is 23.1 Å². The third kappa shape index (κ3) is 3.39. The maximum Gasteiger partial charge on any atom is 0.268 e. The highest BCUT2D eigenvalue weighted by Crippen LogP contribution is 2.33. The number of para-hydroxylation sites is 1. The molecular formula is C22H15N3O2S2. The van der Waals surface area contributed by atoms with Gasteiger partial charge in [0.15, 0.2) is 5.16 Å². The summed E-state index contributed by atoms with van der Waals surface area (Å²) in [5.41, 5.74) is 2.55. The van der Waals surface area contributed by atoms with Crippen LogP contribution in [0.25, 0.3) is 27.2 Å². The first-order valence-electron chi connectivity index (χ1n) is 8.96. The summed E-state index contributed by atoms with van der Waals surface area (Å²) < 4.78 is 7.22. The molecule has 5 rings (SSSR count). The summed E-state index contributed by atoms with van der Waals surface area (Å²) in [5, 5.41) is 3.17. The molecule has 0 aliphatic rings. The summed E-state index contributed by atoms with van der Waals surface area (Å²) in [6, 6.07) is 17.2. The average Bonchev–Trinajstić information content (AvgIpc) is 3.43. The van der Waals surface area contributed by atoms with Gasteiger partial charge in [0.2, 0.25) is 0 Å². The van der Waals surface area contributed by atoms with Gasteiger partial charge in [-0.15, -0.1) is 11.3 Å². The molecule has 0 saturated carbocycles. The van der Waals surface area contributed by atoms with E-state index >= 15 is 0 Å². The van der Waals surface area contributed by atoms with Crippen LogP contribution < -0.4 is 5.56 Å². The first-order chi connectivity index (χ1) is 14.3. The van der Waals surface area contributed by atoms with Crippen LogP contribution in [0, 0.1) is 0 Å². The summed E-state index contributed by atoms with van der Waals surface area (Å²) in [6.07, 6.45) is 5.19. The average molecular weight is 418 g/mol. The van der Waals surface area contributed by atoms with Crippen molar-refractivity contribution >= 4 is 33.3 Å². The molecule has 0 N–H and O–H groups in total. The number of thioether (sulfide) groups is 1. The molecule has 0 spiro atoms. The molecule has 0 aliphatic carbocycles. The van der Waals surface area contributed by atoms with E-state index < -0.39 is 0 Å². The Kier molecular flexibility index (Phi) is 4.75. The van der Waals surface area contributed by atoms with E-state index in [1.54, 1.807) is 17.0 Å². The van der Waals surface area contributed by atoms with Gasteiger partial charge in [-0.1, -0.05) is 36.0 Å². The molecule has 1 aromatic carbocycles. The lowest BCUT2D eigenvalue weighted by molar-refractivity contribution is 0.583. The Balaban J connectivity index is 1.69. The highest BCUT2D eigenvalue weighted by Gasteiger charge is 2.19. The monoisotopic (exact) mass is 417 g/mol. The molecule has 4 aromatic heterocycles. The second-order valence-corrected chi connectivity index (χ2v) is 8.13. The van der Waals surface area contributed by atoms with Crippen LogP contribution in [0.4, 0.5) is 0 Å². The number of rotatable bonds is 5. The summed E-state index contributed by atoms with van der Waals surface area (Å²) in [4.78, 5) is 23.3. The molecule has 0 amide bonds. The predicted molar refractivity (Wildman–Crippen MR) is 117 cm³/mol. The van der Waals surface area contributed by atoms with Crippen molar-refractivity contribution in [3.05, 3.63) is 94.6 Å². The van der Waals surface area contributed by atoms with E-state index in [-0.39, 0.29) is 5.56 Å². The molecule has 142 valence electrons. The molecule has 4 heterocycles. The van der Waals surface area contributed by atoms with Crippen LogP contribution in [0.2, 0.25) is 0 Å². The minimum absolute atomic E-state index is 0.0949. The van der Waals surface area contributed by atoms with Crippen molar-refractivity contribution in [2.45, 2.75) is 10.9 Å². The van der Waals surface area contributed by atoms with E-state index in [0.29, 0.717) is 26.9 Å². The molecule has 0 bridgehead atoms. The van der Waals surface area contributed by atoms with Gasteiger partial charge in [0.05, 0.1) is 17.3 Å². The van der Waals surface area contributed by atoms with Crippen LogP contribution in [-0.2, 0) is 5.75 Å². The number of furan rings is 1. The Morgan fingerprint density at radius 1 is 1.07 bits per heavy atom. The zero-order chi connectivity index (χ0) is 19.6. The second kappa shape index (κ2) is 7.69. The Hall–Kier alpha value is -3.16. The summed E-state index contributed by atoms with van der Waals surface area (Å²) in [7, 11) is 0.